The number of aromatic nitrogens is 3. The minimum atomic E-state index is -0.104. The summed E-state index contributed by atoms with van der Waals surface area (Å²) in [6, 6.07) is 19.2. The third kappa shape index (κ3) is 5.36. The molecule has 4 aromatic rings. The van der Waals surface area contributed by atoms with Crippen molar-refractivity contribution in [2.24, 2.45) is 0 Å². The molecule has 0 radical (unpaired) electrons. The van der Waals surface area contributed by atoms with Crippen LogP contribution < -0.4 is 10.1 Å². The number of imidazole rings is 1. The zero-order valence-electron chi connectivity index (χ0n) is 18.0. The van der Waals surface area contributed by atoms with Crippen molar-refractivity contribution >= 4 is 23.4 Å². The predicted octanol–water partition coefficient (Wildman–Crippen LogP) is 5.19. The molecule has 0 aliphatic heterocycles. The SMILES string of the molecule is Cc1cccc(-n2ccnc2SCC(=O)Nc2cccc(OCc3ccccn3)c2)c1C. The Bertz CT molecular complexity index is 1210. The van der Waals surface area contributed by atoms with Crippen molar-refractivity contribution in [3.8, 4) is 11.4 Å². The highest BCUT2D eigenvalue weighted by molar-refractivity contribution is 7.99. The van der Waals surface area contributed by atoms with Crippen molar-refractivity contribution in [1.82, 2.24) is 14.5 Å². The maximum absolute atomic E-state index is 12.5. The molecule has 2 heterocycles. The maximum Gasteiger partial charge on any atom is 0.234 e. The molecule has 0 aliphatic rings. The molecule has 0 aliphatic carbocycles. The van der Waals surface area contributed by atoms with Gasteiger partial charge in [0, 0.05) is 30.3 Å². The van der Waals surface area contributed by atoms with Gasteiger partial charge in [-0.25, -0.2) is 4.98 Å². The molecule has 162 valence electrons. The number of thioether (sulfide) groups is 1. The number of nitrogens with one attached hydrogen (secondary N) is 1. The second-order valence-electron chi connectivity index (χ2n) is 7.27. The van der Waals surface area contributed by atoms with Gasteiger partial charge in [-0.1, -0.05) is 36.0 Å². The maximum atomic E-state index is 12.5. The van der Waals surface area contributed by atoms with E-state index in [1.54, 1.807) is 12.4 Å². The van der Waals surface area contributed by atoms with Crippen LogP contribution in [0.15, 0.2) is 84.4 Å². The lowest BCUT2D eigenvalue weighted by Gasteiger charge is -2.12. The normalized spacial score (nSPS) is 10.7. The number of anilines is 1. The minimum Gasteiger partial charge on any atom is -0.487 e. The molecule has 0 spiro atoms. The second-order valence-corrected chi connectivity index (χ2v) is 8.22. The van der Waals surface area contributed by atoms with Crippen molar-refractivity contribution < 1.29 is 9.53 Å². The molecule has 0 unspecified atom stereocenters. The molecule has 32 heavy (non-hydrogen) atoms. The van der Waals surface area contributed by atoms with Crippen LogP contribution in [-0.2, 0) is 11.4 Å². The Morgan fingerprint density at radius 2 is 1.91 bits per heavy atom. The predicted molar refractivity (Wildman–Crippen MR) is 127 cm³/mol. The van der Waals surface area contributed by atoms with Crippen LogP contribution in [0.4, 0.5) is 5.69 Å². The zero-order valence-corrected chi connectivity index (χ0v) is 18.8. The number of benzene rings is 2. The Morgan fingerprint density at radius 3 is 2.75 bits per heavy atom. The number of nitrogens with zero attached hydrogens (tertiary/aromatic N) is 3. The van der Waals surface area contributed by atoms with Gasteiger partial charge in [-0.2, -0.15) is 0 Å². The third-order valence-corrected chi connectivity index (χ3v) is 5.97. The van der Waals surface area contributed by atoms with Crippen molar-refractivity contribution in [3.05, 3.63) is 96.1 Å². The summed E-state index contributed by atoms with van der Waals surface area (Å²) >= 11 is 1.40. The molecule has 2 aromatic heterocycles. The molecule has 0 saturated carbocycles. The van der Waals surface area contributed by atoms with Crippen LogP contribution in [-0.4, -0.2) is 26.2 Å². The van der Waals surface area contributed by atoms with E-state index in [1.165, 1.54) is 22.9 Å². The van der Waals surface area contributed by atoms with E-state index < -0.39 is 0 Å². The summed E-state index contributed by atoms with van der Waals surface area (Å²) in [7, 11) is 0. The molecule has 1 N–H and O–H groups in total. The number of rotatable bonds is 8. The fraction of sp³-hybridized carbons (Fsp3) is 0.160. The Balaban J connectivity index is 1.35. The van der Waals surface area contributed by atoms with Crippen LogP contribution in [0.5, 0.6) is 5.75 Å². The number of carbonyl (C=O) groups is 1. The lowest BCUT2D eigenvalue weighted by molar-refractivity contribution is -0.113. The highest BCUT2D eigenvalue weighted by atomic mass is 32.2. The highest BCUT2D eigenvalue weighted by Gasteiger charge is 2.12. The lowest BCUT2D eigenvalue weighted by atomic mass is 10.1. The third-order valence-electron chi connectivity index (χ3n) is 5.01. The fourth-order valence-electron chi connectivity index (χ4n) is 3.21. The van der Waals surface area contributed by atoms with Crippen LogP contribution in [0.3, 0.4) is 0 Å². The quantitative estimate of drug-likeness (QED) is 0.379. The van der Waals surface area contributed by atoms with Gasteiger partial charge >= 0.3 is 0 Å². The molecular formula is C25H24N4O2S. The van der Waals surface area contributed by atoms with Gasteiger partial charge in [-0.05, 0) is 55.3 Å². The van der Waals surface area contributed by atoms with E-state index in [0.717, 1.165) is 16.5 Å². The number of amides is 1. The van der Waals surface area contributed by atoms with E-state index in [4.69, 9.17) is 4.74 Å². The molecule has 1 amide bonds. The summed E-state index contributed by atoms with van der Waals surface area (Å²) in [6.45, 7) is 4.55. The first kappa shape index (κ1) is 21.6. The van der Waals surface area contributed by atoms with Crippen LogP contribution in [0.1, 0.15) is 16.8 Å². The lowest BCUT2D eigenvalue weighted by Crippen LogP contribution is -2.14. The molecule has 0 bridgehead atoms. The Morgan fingerprint density at radius 1 is 1.03 bits per heavy atom. The first-order chi connectivity index (χ1) is 15.6. The number of ether oxygens (including phenoxy) is 1. The van der Waals surface area contributed by atoms with Gasteiger partial charge in [0.2, 0.25) is 5.91 Å². The number of hydrogen-bond acceptors (Lipinski definition) is 5. The smallest absolute Gasteiger partial charge is 0.234 e. The Labute approximate surface area is 191 Å². The first-order valence-electron chi connectivity index (χ1n) is 10.3. The number of hydrogen-bond donors (Lipinski definition) is 1. The number of pyridine rings is 1. The number of carbonyl (C=O) groups excluding carboxylic acids is 1. The first-order valence-corrected chi connectivity index (χ1v) is 11.2. The van der Waals surface area contributed by atoms with Crippen molar-refractivity contribution in [2.75, 3.05) is 11.1 Å². The van der Waals surface area contributed by atoms with Crippen LogP contribution in [0, 0.1) is 13.8 Å². The van der Waals surface area contributed by atoms with E-state index in [2.05, 4.69) is 41.3 Å². The summed E-state index contributed by atoms with van der Waals surface area (Å²) in [5.41, 5.74) is 5.02. The summed E-state index contributed by atoms with van der Waals surface area (Å²) in [4.78, 5) is 21.2. The standard InChI is InChI=1S/C25H24N4O2S/c1-18-7-5-11-23(19(18)2)29-14-13-27-25(29)32-17-24(30)28-20-9-6-10-22(15-20)31-16-21-8-3-4-12-26-21/h3-15H,16-17H2,1-2H3,(H,28,30). The molecule has 0 atom stereocenters. The van der Waals surface area contributed by atoms with E-state index in [9.17, 15) is 4.79 Å². The van der Waals surface area contributed by atoms with Crippen LogP contribution in [0.25, 0.3) is 5.69 Å². The van der Waals surface area contributed by atoms with Gasteiger partial charge in [-0.3, -0.25) is 14.3 Å². The van der Waals surface area contributed by atoms with E-state index >= 15 is 0 Å². The molecule has 2 aromatic carbocycles. The van der Waals surface area contributed by atoms with Crippen molar-refractivity contribution in [1.29, 1.82) is 0 Å². The monoisotopic (exact) mass is 444 g/mol. The molecule has 0 saturated heterocycles. The molecule has 7 heteroatoms. The Kier molecular flexibility index (Phi) is 6.87. The molecule has 0 fully saturated rings. The summed E-state index contributed by atoms with van der Waals surface area (Å²) < 4.78 is 7.81. The number of aryl methyl sites for hydroxylation is 1. The average Bonchev–Trinajstić information content (AvgIpc) is 3.27. The van der Waals surface area contributed by atoms with Gasteiger partial charge in [0.1, 0.15) is 12.4 Å². The van der Waals surface area contributed by atoms with Crippen LogP contribution >= 0.6 is 11.8 Å². The van der Waals surface area contributed by atoms with Gasteiger partial charge in [0.15, 0.2) is 5.16 Å². The van der Waals surface area contributed by atoms with E-state index in [0.29, 0.717) is 18.0 Å². The molecule has 4 rings (SSSR count). The van der Waals surface area contributed by atoms with Gasteiger partial charge in [0.25, 0.3) is 0 Å². The van der Waals surface area contributed by atoms with Crippen molar-refractivity contribution in [2.45, 2.75) is 25.6 Å². The van der Waals surface area contributed by atoms with Gasteiger partial charge in [-0.15, -0.1) is 0 Å². The van der Waals surface area contributed by atoms with Gasteiger partial charge < -0.3 is 10.1 Å². The minimum absolute atomic E-state index is 0.104. The zero-order chi connectivity index (χ0) is 22.3. The van der Waals surface area contributed by atoms with Gasteiger partial charge in [0.05, 0.1) is 17.1 Å². The fourth-order valence-corrected chi connectivity index (χ4v) is 3.97. The summed E-state index contributed by atoms with van der Waals surface area (Å²) in [5, 5.41) is 3.71. The largest absolute Gasteiger partial charge is 0.487 e. The molecular weight excluding hydrogens is 420 g/mol. The second kappa shape index (κ2) is 10.2. The van der Waals surface area contributed by atoms with Crippen molar-refractivity contribution in [3.63, 3.8) is 0 Å². The summed E-state index contributed by atoms with van der Waals surface area (Å²) in [5.74, 6) is 0.819. The summed E-state index contributed by atoms with van der Waals surface area (Å²) in [6.07, 6.45) is 5.41. The van der Waals surface area contributed by atoms with E-state index in [1.807, 2.05) is 59.3 Å². The average molecular weight is 445 g/mol. The topological polar surface area (TPSA) is 69.0 Å². The Hall–Kier alpha value is -3.58. The van der Waals surface area contributed by atoms with Crippen LogP contribution in [0.2, 0.25) is 0 Å². The van der Waals surface area contributed by atoms with E-state index in [-0.39, 0.29) is 11.7 Å². The highest BCUT2D eigenvalue weighted by Crippen LogP contribution is 2.25. The molecule has 6 nitrogen and oxygen atoms in total.